The van der Waals surface area contributed by atoms with Crippen LogP contribution in [0.15, 0.2) is 0 Å². The molecule has 0 radical (unpaired) electrons. The summed E-state index contributed by atoms with van der Waals surface area (Å²) in [5.74, 6) is 0. The van der Waals surface area contributed by atoms with E-state index in [1.54, 1.807) is 0 Å². The summed E-state index contributed by atoms with van der Waals surface area (Å²) < 4.78 is 16.5. The number of terminal acetylenes is 1. The molecular formula is C8H13NO3Si. The molecule has 3 heterocycles. The molecule has 0 aliphatic carbocycles. The minimum absolute atomic E-state index is 0.621. The Kier molecular flexibility index (Phi) is 2.67. The molecular weight excluding hydrogens is 186 g/mol. The van der Waals surface area contributed by atoms with E-state index >= 15 is 0 Å². The van der Waals surface area contributed by atoms with Crippen LogP contribution < -0.4 is 0 Å². The van der Waals surface area contributed by atoms with Crippen molar-refractivity contribution < 1.29 is 13.3 Å². The molecule has 5 heteroatoms. The van der Waals surface area contributed by atoms with Crippen molar-refractivity contribution in [3.63, 3.8) is 0 Å². The summed E-state index contributed by atoms with van der Waals surface area (Å²) in [6, 6.07) is 0. The third-order valence-electron chi connectivity index (χ3n) is 2.28. The van der Waals surface area contributed by atoms with Gasteiger partial charge in [-0.25, -0.2) is 0 Å². The standard InChI is InChI=1S/C8H13NO3Si/c1-2-13-10-6-3-9(4-7-11-13)5-8-12-13/h1H,3-8H2. The molecule has 0 aromatic carbocycles. The molecule has 0 aromatic heterocycles. The first kappa shape index (κ1) is 9.18. The van der Waals surface area contributed by atoms with Crippen LogP contribution in [0.4, 0.5) is 0 Å². The molecule has 13 heavy (non-hydrogen) atoms. The van der Waals surface area contributed by atoms with Crippen LogP contribution in [-0.4, -0.2) is 53.2 Å². The first-order valence-corrected chi connectivity index (χ1v) is 6.19. The average molecular weight is 199 g/mol. The Bertz CT molecular complexity index is 201. The van der Waals surface area contributed by atoms with Crippen LogP contribution in [-0.2, 0) is 13.3 Å². The Morgan fingerprint density at radius 2 is 1.46 bits per heavy atom. The Hall–Kier alpha value is -0.383. The van der Waals surface area contributed by atoms with E-state index in [1.807, 2.05) is 0 Å². The van der Waals surface area contributed by atoms with Gasteiger partial charge in [-0.15, -0.1) is 6.42 Å². The highest BCUT2D eigenvalue weighted by Crippen LogP contribution is 2.14. The fraction of sp³-hybridized carbons (Fsp3) is 0.750. The van der Waals surface area contributed by atoms with Crippen molar-refractivity contribution in [2.75, 3.05) is 39.5 Å². The van der Waals surface area contributed by atoms with Gasteiger partial charge in [-0.2, -0.15) is 0 Å². The van der Waals surface area contributed by atoms with Crippen molar-refractivity contribution >= 4 is 8.80 Å². The molecule has 0 amide bonds. The molecule has 3 rings (SSSR count). The number of nitrogens with zero attached hydrogens (tertiary/aromatic N) is 1. The lowest BCUT2D eigenvalue weighted by Crippen LogP contribution is -2.54. The van der Waals surface area contributed by atoms with Gasteiger partial charge in [0.15, 0.2) is 0 Å². The van der Waals surface area contributed by atoms with Gasteiger partial charge >= 0.3 is 8.80 Å². The highest BCUT2D eigenvalue weighted by atomic mass is 28.4. The lowest BCUT2D eigenvalue weighted by molar-refractivity contribution is 0.00217. The Morgan fingerprint density at radius 1 is 1.00 bits per heavy atom. The Balaban J connectivity index is 2.13. The highest BCUT2D eigenvalue weighted by molar-refractivity contribution is 6.69. The summed E-state index contributed by atoms with van der Waals surface area (Å²) in [5.41, 5.74) is 2.56. The van der Waals surface area contributed by atoms with Crippen LogP contribution >= 0.6 is 0 Å². The van der Waals surface area contributed by atoms with Crippen molar-refractivity contribution in [2.24, 2.45) is 0 Å². The van der Waals surface area contributed by atoms with E-state index in [9.17, 15) is 0 Å². The van der Waals surface area contributed by atoms with Gasteiger partial charge < -0.3 is 13.3 Å². The normalized spacial score (nSPS) is 40.1. The summed E-state index contributed by atoms with van der Waals surface area (Å²) in [6.07, 6.45) is 5.39. The SMILES string of the molecule is C#C[Si]12OCCN(CCO1)CCO2. The van der Waals surface area contributed by atoms with Gasteiger partial charge in [0, 0.05) is 19.6 Å². The Morgan fingerprint density at radius 3 is 1.85 bits per heavy atom. The van der Waals surface area contributed by atoms with Gasteiger partial charge in [-0.3, -0.25) is 4.90 Å². The maximum absolute atomic E-state index is 5.51. The van der Waals surface area contributed by atoms with E-state index in [0.29, 0.717) is 19.8 Å². The summed E-state index contributed by atoms with van der Waals surface area (Å²) >= 11 is 0. The molecule has 0 aromatic rings. The van der Waals surface area contributed by atoms with E-state index < -0.39 is 8.80 Å². The minimum atomic E-state index is -2.70. The van der Waals surface area contributed by atoms with Crippen molar-refractivity contribution in [3.05, 3.63) is 0 Å². The number of hydrogen-bond donors (Lipinski definition) is 0. The zero-order chi connectivity index (χ0) is 9.15. The molecule has 2 bridgehead atoms. The van der Waals surface area contributed by atoms with Crippen molar-refractivity contribution in [2.45, 2.75) is 0 Å². The number of fused-ring (bicyclic) bond motifs is 6. The van der Waals surface area contributed by atoms with Crippen molar-refractivity contribution in [1.29, 1.82) is 0 Å². The lowest BCUT2D eigenvalue weighted by Gasteiger charge is -2.35. The first-order valence-electron chi connectivity index (χ1n) is 4.47. The zero-order valence-corrected chi connectivity index (χ0v) is 8.49. The second kappa shape index (κ2) is 3.78. The second-order valence-corrected chi connectivity index (χ2v) is 5.35. The van der Waals surface area contributed by atoms with Gasteiger partial charge in [0.05, 0.1) is 19.8 Å². The number of hydrogen-bond acceptors (Lipinski definition) is 4. The van der Waals surface area contributed by atoms with Crippen molar-refractivity contribution in [3.8, 4) is 12.0 Å². The maximum atomic E-state index is 5.51. The van der Waals surface area contributed by atoms with Crippen LogP contribution in [0.25, 0.3) is 0 Å². The first-order chi connectivity index (χ1) is 6.35. The predicted octanol–water partition coefficient (Wildman–Crippen LogP) is -0.523. The maximum Gasteiger partial charge on any atom is 0.591 e. The predicted molar refractivity (Wildman–Crippen MR) is 48.9 cm³/mol. The average Bonchev–Trinajstić information content (AvgIpc) is 2.01. The van der Waals surface area contributed by atoms with Crippen molar-refractivity contribution in [1.82, 2.24) is 4.90 Å². The summed E-state index contributed by atoms with van der Waals surface area (Å²) in [4.78, 5) is 2.26. The van der Waals surface area contributed by atoms with Crippen LogP contribution in [0.3, 0.4) is 0 Å². The van der Waals surface area contributed by atoms with Crippen LogP contribution in [0, 0.1) is 12.0 Å². The quantitative estimate of drug-likeness (QED) is 0.388. The number of rotatable bonds is 0. The second-order valence-electron chi connectivity index (χ2n) is 3.09. The molecule has 3 aliphatic rings. The van der Waals surface area contributed by atoms with Crippen LogP contribution in [0.2, 0.25) is 0 Å². The molecule has 0 unspecified atom stereocenters. The zero-order valence-electron chi connectivity index (χ0n) is 7.49. The fourth-order valence-electron chi connectivity index (χ4n) is 1.51. The van der Waals surface area contributed by atoms with E-state index in [2.05, 4.69) is 10.4 Å². The fourth-order valence-corrected chi connectivity index (χ4v) is 3.09. The molecule has 0 saturated carbocycles. The molecule has 0 atom stereocenters. The van der Waals surface area contributed by atoms with Crippen LogP contribution in [0.1, 0.15) is 0 Å². The molecule has 3 aliphatic heterocycles. The third-order valence-corrected chi connectivity index (χ3v) is 4.38. The summed E-state index contributed by atoms with van der Waals surface area (Å²) in [5, 5.41) is 0. The van der Waals surface area contributed by atoms with Gasteiger partial charge in [0.1, 0.15) is 0 Å². The molecule has 4 nitrogen and oxygen atoms in total. The smallest absolute Gasteiger partial charge is 0.363 e. The minimum Gasteiger partial charge on any atom is -0.363 e. The summed E-state index contributed by atoms with van der Waals surface area (Å²) in [6.45, 7) is 4.67. The van der Waals surface area contributed by atoms with E-state index in [0.717, 1.165) is 19.6 Å². The largest absolute Gasteiger partial charge is 0.591 e. The molecule has 3 saturated heterocycles. The summed E-state index contributed by atoms with van der Waals surface area (Å²) in [7, 11) is -2.70. The topological polar surface area (TPSA) is 30.9 Å². The highest BCUT2D eigenvalue weighted by Gasteiger charge is 2.42. The third kappa shape index (κ3) is 1.93. The van der Waals surface area contributed by atoms with E-state index in [1.165, 1.54) is 0 Å². The molecule has 72 valence electrons. The van der Waals surface area contributed by atoms with Gasteiger partial charge in [0.25, 0.3) is 0 Å². The van der Waals surface area contributed by atoms with Gasteiger partial charge in [0.2, 0.25) is 0 Å². The van der Waals surface area contributed by atoms with Crippen LogP contribution in [0.5, 0.6) is 0 Å². The van der Waals surface area contributed by atoms with E-state index in [4.69, 9.17) is 19.7 Å². The molecule has 0 spiro atoms. The monoisotopic (exact) mass is 199 g/mol. The van der Waals surface area contributed by atoms with Gasteiger partial charge in [-0.05, 0) is 5.54 Å². The van der Waals surface area contributed by atoms with E-state index in [-0.39, 0.29) is 0 Å². The lowest BCUT2D eigenvalue weighted by atomic mass is 10.4. The van der Waals surface area contributed by atoms with Gasteiger partial charge in [-0.1, -0.05) is 0 Å². The molecule has 3 fully saturated rings. The Labute approximate surface area is 79.1 Å². The molecule has 0 N–H and O–H groups in total.